The minimum Gasteiger partial charge on any atom is -0.462 e. The Balaban J connectivity index is 1.32. The van der Waals surface area contributed by atoms with Gasteiger partial charge in [0.2, 0.25) is 5.91 Å². The Hall–Kier alpha value is -5.27. The van der Waals surface area contributed by atoms with Gasteiger partial charge in [0, 0.05) is 33.2 Å². The van der Waals surface area contributed by atoms with E-state index in [2.05, 4.69) is 16.0 Å². The monoisotopic (exact) mass is 712 g/mol. The van der Waals surface area contributed by atoms with E-state index in [0.717, 1.165) is 41.0 Å². The van der Waals surface area contributed by atoms with Crippen molar-refractivity contribution in [3.63, 3.8) is 0 Å². The lowest BCUT2D eigenvalue weighted by Crippen LogP contribution is -2.30. The highest BCUT2D eigenvalue weighted by atomic mass is 32.2. The molecular formula is C37H36N4O7S2. The fourth-order valence-electron chi connectivity index (χ4n) is 5.40. The molecule has 0 aliphatic heterocycles. The molecule has 0 saturated carbocycles. The van der Waals surface area contributed by atoms with Crippen LogP contribution in [0.3, 0.4) is 0 Å². The van der Waals surface area contributed by atoms with Crippen LogP contribution in [-0.4, -0.2) is 40.5 Å². The van der Waals surface area contributed by atoms with Crippen molar-refractivity contribution in [2.45, 2.75) is 56.1 Å². The first-order valence-electron chi connectivity index (χ1n) is 16.2. The third-order valence-corrected chi connectivity index (χ3v) is 10.4. The summed E-state index contributed by atoms with van der Waals surface area (Å²) in [4.78, 5) is 65.5. The van der Waals surface area contributed by atoms with Crippen molar-refractivity contribution in [3.8, 4) is 0 Å². The number of thioether (sulfide) groups is 1. The molecule has 1 heterocycles. The number of hydrogen-bond acceptors (Lipinski definition) is 9. The number of nitro benzene ring substituents is 1. The predicted octanol–water partition coefficient (Wildman–Crippen LogP) is 7.63. The van der Waals surface area contributed by atoms with Crippen LogP contribution < -0.4 is 16.0 Å². The maximum absolute atomic E-state index is 13.6. The molecule has 5 rings (SSSR count). The highest BCUT2D eigenvalue weighted by molar-refractivity contribution is 8.00. The smallest absolute Gasteiger partial charge is 0.341 e. The minimum atomic E-state index is -0.618. The van der Waals surface area contributed by atoms with E-state index in [9.17, 15) is 29.3 Å². The Kier molecular flexibility index (Phi) is 12.2. The second-order valence-corrected chi connectivity index (χ2v) is 13.7. The van der Waals surface area contributed by atoms with Gasteiger partial charge in [-0.1, -0.05) is 31.2 Å². The van der Waals surface area contributed by atoms with Gasteiger partial charge in [-0.25, -0.2) is 4.79 Å². The predicted molar refractivity (Wildman–Crippen MR) is 196 cm³/mol. The van der Waals surface area contributed by atoms with Crippen LogP contribution in [0.25, 0.3) is 6.08 Å². The lowest BCUT2D eigenvalue weighted by molar-refractivity contribution is -0.384. The van der Waals surface area contributed by atoms with Gasteiger partial charge in [0.1, 0.15) is 10.7 Å². The number of nitrogens with one attached hydrogen (secondary N) is 3. The fourth-order valence-corrected chi connectivity index (χ4v) is 7.69. The number of anilines is 2. The molecule has 3 N–H and O–H groups in total. The summed E-state index contributed by atoms with van der Waals surface area (Å²) in [6.45, 7) is 3.90. The van der Waals surface area contributed by atoms with Crippen molar-refractivity contribution in [2.75, 3.05) is 17.2 Å². The van der Waals surface area contributed by atoms with E-state index in [1.54, 1.807) is 55.5 Å². The van der Waals surface area contributed by atoms with Gasteiger partial charge >= 0.3 is 5.97 Å². The molecule has 0 bridgehead atoms. The molecule has 1 unspecified atom stereocenters. The highest BCUT2D eigenvalue weighted by Gasteiger charge is 2.29. The molecule has 1 aliphatic rings. The zero-order chi connectivity index (χ0) is 35.6. The van der Waals surface area contributed by atoms with E-state index in [1.165, 1.54) is 53.4 Å². The van der Waals surface area contributed by atoms with E-state index in [4.69, 9.17) is 4.74 Å². The molecule has 1 atom stereocenters. The van der Waals surface area contributed by atoms with Crippen LogP contribution in [-0.2, 0) is 27.2 Å². The van der Waals surface area contributed by atoms with Crippen molar-refractivity contribution in [2.24, 2.45) is 0 Å². The van der Waals surface area contributed by atoms with Crippen LogP contribution in [0, 0.1) is 10.1 Å². The normalized spacial score (nSPS) is 13.0. The molecule has 1 aliphatic carbocycles. The van der Waals surface area contributed by atoms with Gasteiger partial charge in [-0.15, -0.1) is 23.1 Å². The van der Waals surface area contributed by atoms with E-state index in [1.807, 2.05) is 13.0 Å². The number of ether oxygens (including phenoxy) is 1. The highest BCUT2D eigenvalue weighted by Crippen LogP contribution is 2.39. The average molecular weight is 713 g/mol. The molecule has 11 nitrogen and oxygen atoms in total. The molecule has 0 saturated heterocycles. The van der Waals surface area contributed by atoms with E-state index < -0.39 is 28.0 Å². The standard InChI is InChI=1S/C37H36N4O7S2/c1-3-30(35(44)40-36-32(37(45)48-4-2)28-15-8-9-16-31(28)50-36)49-27-14-10-13-25(22-27)38-34(43)29(39-33(42)24-11-6-5-7-12-24)21-23-17-19-26(20-18-23)41(46)47/h5-7,10-14,17-22,30H,3-4,8-9,15-16H2,1-2H3,(H,38,43)(H,39,42)(H,40,44)/b29-21+. The second kappa shape index (κ2) is 16.9. The quantitative estimate of drug-likeness (QED) is 0.0420. The Bertz CT molecular complexity index is 1920. The van der Waals surface area contributed by atoms with Crippen LogP contribution in [0.2, 0.25) is 0 Å². The second-order valence-electron chi connectivity index (χ2n) is 11.3. The molecule has 4 aromatic rings. The summed E-state index contributed by atoms with van der Waals surface area (Å²) in [5.74, 6) is -1.79. The molecule has 3 aromatic carbocycles. The van der Waals surface area contributed by atoms with Crippen molar-refractivity contribution < 1.29 is 28.8 Å². The minimum absolute atomic E-state index is 0.0763. The topological polar surface area (TPSA) is 157 Å². The number of aryl methyl sites for hydroxylation is 1. The molecule has 1 aromatic heterocycles. The Morgan fingerprint density at radius 1 is 0.960 bits per heavy atom. The molecule has 50 heavy (non-hydrogen) atoms. The number of carbonyl (C=O) groups excluding carboxylic acids is 4. The lowest BCUT2D eigenvalue weighted by Gasteiger charge is -2.16. The average Bonchev–Trinajstić information content (AvgIpc) is 3.48. The molecule has 0 radical (unpaired) electrons. The van der Waals surface area contributed by atoms with Crippen LogP contribution in [0.1, 0.15) is 69.8 Å². The summed E-state index contributed by atoms with van der Waals surface area (Å²) < 4.78 is 5.33. The molecule has 3 amide bonds. The van der Waals surface area contributed by atoms with E-state index in [-0.39, 0.29) is 23.9 Å². The number of fused-ring (bicyclic) bond motifs is 1. The van der Waals surface area contributed by atoms with E-state index in [0.29, 0.717) is 33.8 Å². The summed E-state index contributed by atoms with van der Waals surface area (Å²) >= 11 is 2.77. The molecule has 13 heteroatoms. The first-order valence-corrected chi connectivity index (χ1v) is 17.9. The zero-order valence-corrected chi connectivity index (χ0v) is 29.2. The summed E-state index contributed by atoms with van der Waals surface area (Å²) in [6, 6.07) is 21.0. The first-order chi connectivity index (χ1) is 24.2. The largest absolute Gasteiger partial charge is 0.462 e. The third kappa shape index (κ3) is 9.04. The molecule has 0 fully saturated rings. The number of nitrogens with zero attached hydrogens (tertiary/aromatic N) is 1. The number of esters is 1. The van der Waals surface area contributed by atoms with Gasteiger partial charge in [0.05, 0.1) is 22.3 Å². The molecule has 258 valence electrons. The number of benzene rings is 3. The molecular weight excluding hydrogens is 677 g/mol. The first kappa shape index (κ1) is 36.0. The summed E-state index contributed by atoms with van der Waals surface area (Å²) in [5.41, 5.74) is 2.48. The zero-order valence-electron chi connectivity index (χ0n) is 27.5. The van der Waals surface area contributed by atoms with Crippen molar-refractivity contribution in [1.29, 1.82) is 0 Å². The summed E-state index contributed by atoms with van der Waals surface area (Å²) in [6.07, 6.45) is 5.60. The van der Waals surface area contributed by atoms with Gasteiger partial charge in [0.15, 0.2) is 0 Å². The summed E-state index contributed by atoms with van der Waals surface area (Å²) in [5, 5.41) is 19.6. The number of thiophene rings is 1. The third-order valence-electron chi connectivity index (χ3n) is 7.86. The maximum atomic E-state index is 13.6. The van der Waals surface area contributed by atoms with Crippen molar-refractivity contribution in [1.82, 2.24) is 5.32 Å². The number of carbonyl (C=O) groups is 4. The SMILES string of the molecule is CCOC(=O)c1c(NC(=O)C(CC)Sc2cccc(NC(=O)/C(=C\c3ccc([N+](=O)[O-])cc3)NC(=O)c3ccccc3)c2)sc2c1CCCC2. The maximum Gasteiger partial charge on any atom is 0.341 e. The van der Waals surface area contributed by atoms with Gasteiger partial charge in [-0.3, -0.25) is 24.5 Å². The number of hydrogen-bond donors (Lipinski definition) is 3. The lowest BCUT2D eigenvalue weighted by atomic mass is 9.95. The number of nitro groups is 1. The Morgan fingerprint density at radius 2 is 1.70 bits per heavy atom. The number of rotatable bonds is 13. The van der Waals surface area contributed by atoms with Crippen LogP contribution in [0.4, 0.5) is 16.4 Å². The van der Waals surface area contributed by atoms with Crippen LogP contribution in [0.5, 0.6) is 0 Å². The Labute approximate surface area is 297 Å². The van der Waals surface area contributed by atoms with Crippen LogP contribution >= 0.6 is 23.1 Å². The van der Waals surface area contributed by atoms with Crippen LogP contribution in [0.15, 0.2) is 89.5 Å². The fraction of sp³-hybridized carbons (Fsp3) is 0.243. The number of non-ortho nitro benzene ring substituents is 1. The van der Waals surface area contributed by atoms with Gasteiger partial charge < -0.3 is 20.7 Å². The van der Waals surface area contributed by atoms with Crippen molar-refractivity contribution >= 4 is 69.2 Å². The van der Waals surface area contributed by atoms with Gasteiger partial charge in [0.25, 0.3) is 17.5 Å². The molecule has 0 spiro atoms. The summed E-state index contributed by atoms with van der Waals surface area (Å²) in [7, 11) is 0. The van der Waals surface area contributed by atoms with Crippen molar-refractivity contribution in [3.05, 3.63) is 122 Å². The Morgan fingerprint density at radius 3 is 2.40 bits per heavy atom. The number of amides is 3. The van der Waals surface area contributed by atoms with Gasteiger partial charge in [-0.05, 0) is 98.7 Å². The van der Waals surface area contributed by atoms with E-state index >= 15 is 0 Å². The van der Waals surface area contributed by atoms with Gasteiger partial charge in [-0.2, -0.15) is 0 Å².